The molecule has 0 aromatic carbocycles. The molecule has 0 saturated heterocycles. The topological polar surface area (TPSA) is 53.7 Å². The molecule has 0 spiro atoms. The molecule has 4 nitrogen and oxygen atoms in total. The van der Waals surface area contributed by atoms with Gasteiger partial charge in [0, 0.05) is 6.54 Å². The van der Waals surface area contributed by atoms with Crippen molar-refractivity contribution in [3.63, 3.8) is 0 Å². The highest BCUT2D eigenvalue weighted by molar-refractivity contribution is 5.84. The minimum absolute atomic E-state index is 0.0175. The van der Waals surface area contributed by atoms with Gasteiger partial charge in [0.1, 0.15) is 5.76 Å². The summed E-state index contributed by atoms with van der Waals surface area (Å²) in [5.41, 5.74) is 0. The Morgan fingerprint density at radius 1 is 1.59 bits per heavy atom. The first-order valence-corrected chi connectivity index (χ1v) is 6.11. The van der Waals surface area contributed by atoms with Crippen molar-refractivity contribution in [3.05, 3.63) is 23.7 Å². The summed E-state index contributed by atoms with van der Waals surface area (Å²) in [7, 11) is 2.06. The molecule has 1 aromatic heterocycles. The van der Waals surface area contributed by atoms with Gasteiger partial charge in [-0.1, -0.05) is 6.42 Å². The van der Waals surface area contributed by atoms with Crippen LogP contribution in [0, 0.1) is 5.92 Å². The number of hydrogen-bond donors (Lipinski definition) is 1. The molecule has 1 heterocycles. The fraction of sp³-hybridized carbons (Fsp3) is 0.615. The molecule has 1 N–H and O–H groups in total. The highest BCUT2D eigenvalue weighted by atomic mass is 16.4. The van der Waals surface area contributed by atoms with E-state index in [1.807, 2.05) is 6.92 Å². The summed E-state index contributed by atoms with van der Waals surface area (Å²) in [4.78, 5) is 13.0. The molecule has 0 aliphatic heterocycles. The third-order valence-corrected chi connectivity index (χ3v) is 3.68. The highest BCUT2D eigenvalue weighted by Gasteiger charge is 2.23. The lowest BCUT2D eigenvalue weighted by Crippen LogP contribution is -2.31. The lowest BCUT2D eigenvalue weighted by Gasteiger charge is -2.32. The number of hydrogen-bond acceptors (Lipinski definition) is 3. The summed E-state index contributed by atoms with van der Waals surface area (Å²) in [5.74, 6) is 0.537. The van der Waals surface area contributed by atoms with Crippen molar-refractivity contribution in [1.29, 1.82) is 0 Å². The zero-order valence-corrected chi connectivity index (χ0v) is 10.3. The number of carboxylic acid groups (broad SMARTS) is 1. The van der Waals surface area contributed by atoms with E-state index in [9.17, 15) is 4.79 Å². The molecule has 1 atom stereocenters. The molecule has 1 fully saturated rings. The summed E-state index contributed by atoms with van der Waals surface area (Å²) < 4.78 is 5.32. The number of rotatable bonds is 5. The predicted octanol–water partition coefficient (Wildman–Crippen LogP) is 2.77. The van der Waals surface area contributed by atoms with Crippen LogP contribution in [0.1, 0.15) is 48.5 Å². The quantitative estimate of drug-likeness (QED) is 0.855. The van der Waals surface area contributed by atoms with Crippen LogP contribution in [-0.2, 0) is 0 Å². The maximum absolute atomic E-state index is 10.7. The van der Waals surface area contributed by atoms with Crippen LogP contribution in [0.5, 0.6) is 0 Å². The Kier molecular flexibility index (Phi) is 3.52. The van der Waals surface area contributed by atoms with Crippen LogP contribution in [0.15, 0.2) is 16.5 Å². The van der Waals surface area contributed by atoms with Gasteiger partial charge in [0.25, 0.3) is 0 Å². The second-order valence-corrected chi connectivity index (χ2v) is 4.92. The Morgan fingerprint density at radius 3 is 2.76 bits per heavy atom. The van der Waals surface area contributed by atoms with Crippen LogP contribution in [0.25, 0.3) is 0 Å². The number of carboxylic acids is 1. The molecular weight excluding hydrogens is 218 g/mol. The van der Waals surface area contributed by atoms with Gasteiger partial charge in [-0.15, -0.1) is 0 Å². The van der Waals surface area contributed by atoms with Crippen molar-refractivity contribution < 1.29 is 14.3 Å². The van der Waals surface area contributed by atoms with Crippen LogP contribution in [0.2, 0.25) is 0 Å². The first-order chi connectivity index (χ1) is 8.08. The van der Waals surface area contributed by atoms with Crippen molar-refractivity contribution in [2.45, 2.75) is 32.2 Å². The summed E-state index contributed by atoms with van der Waals surface area (Å²) >= 11 is 0. The second kappa shape index (κ2) is 4.92. The van der Waals surface area contributed by atoms with Crippen LogP contribution in [0.3, 0.4) is 0 Å². The fourth-order valence-corrected chi connectivity index (χ4v) is 2.15. The van der Waals surface area contributed by atoms with Gasteiger partial charge in [-0.2, -0.15) is 0 Å². The molecule has 1 unspecified atom stereocenters. The van der Waals surface area contributed by atoms with E-state index in [0.717, 1.165) is 18.2 Å². The van der Waals surface area contributed by atoms with Crippen molar-refractivity contribution in [1.82, 2.24) is 4.90 Å². The van der Waals surface area contributed by atoms with Gasteiger partial charge in [-0.05, 0) is 44.9 Å². The van der Waals surface area contributed by atoms with Crippen LogP contribution in [-0.4, -0.2) is 29.6 Å². The van der Waals surface area contributed by atoms with E-state index in [-0.39, 0.29) is 11.8 Å². The fourth-order valence-electron chi connectivity index (χ4n) is 2.15. The molecule has 1 aliphatic rings. The standard InChI is InChI=1S/C13H19NO3/c1-9(14(2)8-10-4-3-5-10)11-6-7-12(17-11)13(15)16/h6-7,9-10H,3-5,8H2,1-2H3,(H,15,16). The Labute approximate surface area is 101 Å². The molecule has 1 saturated carbocycles. The van der Waals surface area contributed by atoms with Gasteiger partial charge in [0.05, 0.1) is 6.04 Å². The Bertz CT molecular complexity index is 395. The molecule has 0 amide bonds. The zero-order chi connectivity index (χ0) is 12.4. The van der Waals surface area contributed by atoms with Crippen molar-refractivity contribution in [2.75, 3.05) is 13.6 Å². The number of furan rings is 1. The van der Waals surface area contributed by atoms with E-state index in [2.05, 4.69) is 11.9 Å². The van der Waals surface area contributed by atoms with Gasteiger partial charge in [0.15, 0.2) is 0 Å². The monoisotopic (exact) mass is 237 g/mol. The summed E-state index contributed by atoms with van der Waals surface area (Å²) in [6.45, 7) is 3.10. The van der Waals surface area contributed by atoms with Gasteiger partial charge >= 0.3 is 5.97 Å². The maximum Gasteiger partial charge on any atom is 0.371 e. The van der Waals surface area contributed by atoms with E-state index in [1.54, 1.807) is 6.07 Å². The van der Waals surface area contributed by atoms with Crippen LogP contribution in [0.4, 0.5) is 0 Å². The van der Waals surface area contributed by atoms with Gasteiger partial charge in [-0.3, -0.25) is 4.90 Å². The van der Waals surface area contributed by atoms with Crippen molar-refractivity contribution in [3.8, 4) is 0 Å². The zero-order valence-electron chi connectivity index (χ0n) is 10.3. The first kappa shape index (κ1) is 12.2. The van der Waals surface area contributed by atoms with Gasteiger partial charge in [0.2, 0.25) is 5.76 Å². The Morgan fingerprint density at radius 2 is 2.29 bits per heavy atom. The second-order valence-electron chi connectivity index (χ2n) is 4.92. The largest absolute Gasteiger partial charge is 0.475 e. The molecule has 94 valence electrons. The van der Waals surface area contributed by atoms with Crippen LogP contribution < -0.4 is 0 Å². The Hall–Kier alpha value is -1.29. The third-order valence-electron chi connectivity index (χ3n) is 3.68. The number of aromatic carboxylic acids is 1. The Balaban J connectivity index is 1.96. The number of nitrogens with zero attached hydrogens (tertiary/aromatic N) is 1. The smallest absolute Gasteiger partial charge is 0.371 e. The summed E-state index contributed by atoms with van der Waals surface area (Å²) in [6, 6.07) is 3.40. The summed E-state index contributed by atoms with van der Waals surface area (Å²) in [6.07, 6.45) is 3.97. The van der Waals surface area contributed by atoms with E-state index in [0.29, 0.717) is 0 Å². The van der Waals surface area contributed by atoms with E-state index < -0.39 is 5.97 Å². The lowest BCUT2D eigenvalue weighted by atomic mass is 9.85. The normalized spacial score (nSPS) is 18.1. The lowest BCUT2D eigenvalue weighted by molar-refractivity contribution is 0.0655. The molecule has 0 bridgehead atoms. The summed E-state index contributed by atoms with van der Waals surface area (Å²) in [5, 5.41) is 8.80. The van der Waals surface area contributed by atoms with Crippen LogP contribution >= 0.6 is 0 Å². The molecular formula is C13H19NO3. The third kappa shape index (κ3) is 2.69. The average molecular weight is 237 g/mol. The van der Waals surface area contributed by atoms with E-state index >= 15 is 0 Å². The van der Waals surface area contributed by atoms with Gasteiger partial charge < -0.3 is 9.52 Å². The highest BCUT2D eigenvalue weighted by Crippen LogP contribution is 2.30. The minimum Gasteiger partial charge on any atom is -0.475 e. The SMILES string of the molecule is CC(c1ccc(C(=O)O)o1)N(C)CC1CCC1. The van der Waals surface area contributed by atoms with E-state index in [4.69, 9.17) is 9.52 Å². The first-order valence-electron chi connectivity index (χ1n) is 6.11. The van der Waals surface area contributed by atoms with E-state index in [1.165, 1.54) is 25.3 Å². The van der Waals surface area contributed by atoms with Crippen molar-refractivity contribution >= 4 is 5.97 Å². The molecule has 1 aromatic rings. The molecule has 0 radical (unpaired) electrons. The molecule has 4 heteroatoms. The molecule has 1 aliphatic carbocycles. The predicted molar refractivity (Wildman–Crippen MR) is 64.1 cm³/mol. The maximum atomic E-state index is 10.7. The minimum atomic E-state index is -1.01. The van der Waals surface area contributed by atoms with Gasteiger partial charge in [-0.25, -0.2) is 4.79 Å². The van der Waals surface area contributed by atoms with Crippen molar-refractivity contribution in [2.24, 2.45) is 5.92 Å². The average Bonchev–Trinajstić information content (AvgIpc) is 2.71. The number of carbonyl (C=O) groups is 1. The molecule has 17 heavy (non-hydrogen) atoms. The molecule has 2 rings (SSSR count).